The van der Waals surface area contributed by atoms with Crippen molar-refractivity contribution in [1.29, 1.82) is 0 Å². The molecule has 0 amide bonds. The van der Waals surface area contributed by atoms with E-state index in [1.165, 1.54) is 37.7 Å². The summed E-state index contributed by atoms with van der Waals surface area (Å²) < 4.78 is 0. The molecule has 1 aliphatic heterocycles. The maximum absolute atomic E-state index is 4.26. The van der Waals surface area contributed by atoms with Gasteiger partial charge in [-0.25, -0.2) is 0 Å². The zero-order valence-corrected chi connectivity index (χ0v) is 13.6. The Kier molecular flexibility index (Phi) is 6.37. The summed E-state index contributed by atoms with van der Waals surface area (Å²) in [7, 11) is 0. The van der Waals surface area contributed by atoms with E-state index in [1.807, 2.05) is 6.92 Å². The van der Waals surface area contributed by atoms with E-state index in [0.717, 1.165) is 38.5 Å². The Bertz CT molecular complexity index is 372. The molecule has 2 rings (SSSR count). The van der Waals surface area contributed by atoms with Gasteiger partial charge < -0.3 is 10.2 Å². The highest BCUT2D eigenvalue weighted by molar-refractivity contribution is 5.15. The van der Waals surface area contributed by atoms with Gasteiger partial charge in [0.1, 0.15) is 0 Å². The van der Waals surface area contributed by atoms with Gasteiger partial charge in [-0.3, -0.25) is 4.90 Å². The van der Waals surface area contributed by atoms with Crippen molar-refractivity contribution in [2.45, 2.75) is 45.1 Å². The van der Waals surface area contributed by atoms with Crippen molar-refractivity contribution in [2.75, 3.05) is 32.7 Å². The van der Waals surface area contributed by atoms with Crippen LogP contribution in [0.25, 0.3) is 0 Å². The number of nitrogens with zero attached hydrogens (tertiary/aromatic N) is 2. The van der Waals surface area contributed by atoms with Crippen LogP contribution in [0.3, 0.4) is 0 Å². The number of allylic oxidation sites excluding steroid dienone is 1. The van der Waals surface area contributed by atoms with Gasteiger partial charge in [0, 0.05) is 38.8 Å². The van der Waals surface area contributed by atoms with Gasteiger partial charge in [-0.15, -0.1) is 0 Å². The molecule has 0 aromatic carbocycles. The summed E-state index contributed by atoms with van der Waals surface area (Å²) >= 11 is 0. The molecule has 3 nitrogen and oxygen atoms in total. The summed E-state index contributed by atoms with van der Waals surface area (Å²) in [5, 5.41) is 3.65. The smallest absolute Gasteiger partial charge is 0.0941 e. The van der Waals surface area contributed by atoms with Gasteiger partial charge in [-0.2, -0.15) is 0 Å². The zero-order chi connectivity index (χ0) is 15.1. The SMILES string of the molecule is C=C(/C=C\C)CN1CCN(C(=C)NC2CCCCC2)CC1. The third-order valence-electron chi connectivity index (χ3n) is 4.56. The molecule has 1 aliphatic carbocycles. The first-order valence-electron chi connectivity index (χ1n) is 8.42. The van der Waals surface area contributed by atoms with Crippen molar-refractivity contribution in [1.82, 2.24) is 15.1 Å². The number of rotatable bonds is 6. The fourth-order valence-corrected chi connectivity index (χ4v) is 3.33. The number of piperazine rings is 1. The Morgan fingerprint density at radius 1 is 1.10 bits per heavy atom. The molecule has 0 bridgehead atoms. The Balaban J connectivity index is 1.70. The lowest BCUT2D eigenvalue weighted by Gasteiger charge is -2.38. The second-order valence-corrected chi connectivity index (χ2v) is 6.35. The van der Waals surface area contributed by atoms with Gasteiger partial charge in [-0.1, -0.05) is 44.6 Å². The maximum Gasteiger partial charge on any atom is 0.0941 e. The molecule has 0 unspecified atom stereocenters. The van der Waals surface area contributed by atoms with E-state index in [2.05, 4.69) is 40.4 Å². The lowest BCUT2D eigenvalue weighted by molar-refractivity contribution is 0.159. The number of hydrogen-bond donors (Lipinski definition) is 1. The molecule has 0 atom stereocenters. The molecule has 1 saturated carbocycles. The zero-order valence-electron chi connectivity index (χ0n) is 13.6. The first-order valence-corrected chi connectivity index (χ1v) is 8.42. The molecule has 2 fully saturated rings. The van der Waals surface area contributed by atoms with Crippen LogP contribution >= 0.6 is 0 Å². The van der Waals surface area contributed by atoms with E-state index >= 15 is 0 Å². The summed E-state index contributed by atoms with van der Waals surface area (Å²) in [4.78, 5) is 4.89. The quantitative estimate of drug-likeness (QED) is 0.758. The molecular weight excluding hydrogens is 258 g/mol. The largest absolute Gasteiger partial charge is 0.370 e. The summed E-state index contributed by atoms with van der Waals surface area (Å²) in [5.41, 5.74) is 1.20. The maximum atomic E-state index is 4.26. The van der Waals surface area contributed by atoms with Crippen LogP contribution in [0.1, 0.15) is 39.0 Å². The standard InChI is InChI=1S/C18H31N3/c1-4-8-16(2)15-20-11-13-21(14-12-20)17(3)19-18-9-6-5-7-10-18/h4,8,18-19H,2-3,5-7,9-15H2,1H3/b8-4-. The van der Waals surface area contributed by atoms with Gasteiger partial charge in [0.25, 0.3) is 0 Å². The van der Waals surface area contributed by atoms with Crippen LogP contribution in [0.5, 0.6) is 0 Å². The lowest BCUT2D eigenvalue weighted by Crippen LogP contribution is -2.49. The normalized spacial score (nSPS) is 21.7. The molecule has 21 heavy (non-hydrogen) atoms. The fourth-order valence-electron chi connectivity index (χ4n) is 3.33. The Morgan fingerprint density at radius 2 is 1.76 bits per heavy atom. The van der Waals surface area contributed by atoms with Crippen molar-refractivity contribution in [3.63, 3.8) is 0 Å². The average Bonchev–Trinajstić information content (AvgIpc) is 2.49. The van der Waals surface area contributed by atoms with E-state index in [0.29, 0.717) is 6.04 Å². The first-order chi connectivity index (χ1) is 10.2. The molecular formula is C18H31N3. The van der Waals surface area contributed by atoms with Gasteiger partial charge in [0.15, 0.2) is 0 Å². The van der Waals surface area contributed by atoms with Gasteiger partial charge in [-0.05, 0) is 25.3 Å². The minimum Gasteiger partial charge on any atom is -0.370 e. The third kappa shape index (κ3) is 5.24. The Labute approximate surface area is 130 Å². The van der Waals surface area contributed by atoms with Crippen molar-refractivity contribution < 1.29 is 0 Å². The molecule has 0 aromatic heterocycles. The average molecular weight is 289 g/mol. The van der Waals surface area contributed by atoms with E-state index in [4.69, 9.17) is 0 Å². The minimum absolute atomic E-state index is 0.652. The predicted octanol–water partition coefficient (Wildman–Crippen LogP) is 3.13. The Hall–Kier alpha value is -1.22. The lowest BCUT2D eigenvalue weighted by atomic mass is 9.95. The first kappa shape index (κ1) is 16.2. The van der Waals surface area contributed by atoms with Crippen molar-refractivity contribution in [2.24, 2.45) is 0 Å². The third-order valence-corrected chi connectivity index (χ3v) is 4.56. The van der Waals surface area contributed by atoms with E-state index < -0.39 is 0 Å². The molecule has 0 radical (unpaired) electrons. The molecule has 0 spiro atoms. The molecule has 1 N–H and O–H groups in total. The molecule has 3 heteroatoms. The highest BCUT2D eigenvalue weighted by Crippen LogP contribution is 2.19. The Morgan fingerprint density at radius 3 is 2.38 bits per heavy atom. The van der Waals surface area contributed by atoms with Crippen molar-refractivity contribution in [3.8, 4) is 0 Å². The van der Waals surface area contributed by atoms with E-state index in [-0.39, 0.29) is 0 Å². The predicted molar refractivity (Wildman–Crippen MR) is 91.1 cm³/mol. The van der Waals surface area contributed by atoms with Crippen molar-refractivity contribution >= 4 is 0 Å². The monoisotopic (exact) mass is 289 g/mol. The van der Waals surface area contributed by atoms with Crippen molar-refractivity contribution in [3.05, 3.63) is 36.7 Å². The van der Waals surface area contributed by atoms with Crippen LogP contribution in [0, 0.1) is 0 Å². The van der Waals surface area contributed by atoms with Crippen LogP contribution < -0.4 is 5.32 Å². The molecule has 1 heterocycles. The van der Waals surface area contributed by atoms with E-state index in [1.54, 1.807) is 0 Å². The van der Waals surface area contributed by atoms with Gasteiger partial charge in [0.2, 0.25) is 0 Å². The van der Waals surface area contributed by atoms with Gasteiger partial charge in [0.05, 0.1) is 5.82 Å². The second-order valence-electron chi connectivity index (χ2n) is 6.35. The number of nitrogens with one attached hydrogen (secondary N) is 1. The van der Waals surface area contributed by atoms with Crippen LogP contribution in [0.15, 0.2) is 36.7 Å². The highest BCUT2D eigenvalue weighted by Gasteiger charge is 2.20. The van der Waals surface area contributed by atoms with Crippen LogP contribution in [0.4, 0.5) is 0 Å². The molecule has 1 saturated heterocycles. The highest BCUT2D eigenvalue weighted by atomic mass is 15.3. The number of hydrogen-bond acceptors (Lipinski definition) is 3. The summed E-state index contributed by atoms with van der Waals surface area (Å²) in [6.07, 6.45) is 10.9. The van der Waals surface area contributed by atoms with Crippen LogP contribution in [-0.4, -0.2) is 48.6 Å². The molecule has 118 valence electrons. The fraction of sp³-hybridized carbons (Fsp3) is 0.667. The molecule has 2 aliphatic rings. The second kappa shape index (κ2) is 8.28. The molecule has 0 aromatic rings. The van der Waals surface area contributed by atoms with E-state index in [9.17, 15) is 0 Å². The van der Waals surface area contributed by atoms with Crippen LogP contribution in [-0.2, 0) is 0 Å². The van der Waals surface area contributed by atoms with Crippen LogP contribution in [0.2, 0.25) is 0 Å². The topological polar surface area (TPSA) is 18.5 Å². The summed E-state index contributed by atoms with van der Waals surface area (Å²) in [6, 6.07) is 0.652. The summed E-state index contributed by atoms with van der Waals surface area (Å²) in [5.74, 6) is 1.13. The summed E-state index contributed by atoms with van der Waals surface area (Å²) in [6.45, 7) is 15.7. The van der Waals surface area contributed by atoms with Gasteiger partial charge >= 0.3 is 0 Å². The minimum atomic E-state index is 0.652.